The van der Waals surface area contributed by atoms with Crippen LogP contribution in [0.15, 0.2) is 48.8 Å². The zero-order valence-corrected chi connectivity index (χ0v) is 13.2. The van der Waals surface area contributed by atoms with E-state index in [-0.39, 0.29) is 5.91 Å². The fourth-order valence-electron chi connectivity index (χ4n) is 3.27. The topological polar surface area (TPSA) is 50.5 Å². The van der Waals surface area contributed by atoms with Crippen molar-refractivity contribution in [1.82, 2.24) is 14.6 Å². The molecule has 1 aliphatic heterocycles. The molecule has 4 rings (SSSR count). The van der Waals surface area contributed by atoms with Crippen LogP contribution in [-0.4, -0.2) is 27.0 Å². The average Bonchev–Trinajstić information content (AvgIpc) is 3.18. The van der Waals surface area contributed by atoms with Crippen LogP contribution in [0, 0.1) is 5.92 Å². The molecular formula is C18H18N4O. The molecule has 1 aromatic carbocycles. The second kappa shape index (κ2) is 5.19. The van der Waals surface area contributed by atoms with Crippen LogP contribution in [0.2, 0.25) is 0 Å². The second-order valence-electron chi connectivity index (χ2n) is 6.27. The van der Waals surface area contributed by atoms with Crippen molar-refractivity contribution in [3.8, 4) is 0 Å². The van der Waals surface area contributed by atoms with Crippen molar-refractivity contribution in [1.29, 1.82) is 0 Å². The van der Waals surface area contributed by atoms with Gasteiger partial charge in [-0.25, -0.2) is 9.50 Å². The molecule has 2 aromatic heterocycles. The molecule has 0 N–H and O–H groups in total. The molecule has 0 spiro atoms. The van der Waals surface area contributed by atoms with Gasteiger partial charge in [0.15, 0.2) is 5.65 Å². The van der Waals surface area contributed by atoms with Gasteiger partial charge in [0.25, 0.3) is 5.91 Å². The van der Waals surface area contributed by atoms with Gasteiger partial charge in [-0.1, -0.05) is 32.0 Å². The van der Waals surface area contributed by atoms with Crippen molar-refractivity contribution in [3.63, 3.8) is 0 Å². The quantitative estimate of drug-likeness (QED) is 0.731. The Morgan fingerprint density at radius 1 is 1.22 bits per heavy atom. The second-order valence-corrected chi connectivity index (χ2v) is 6.27. The van der Waals surface area contributed by atoms with Crippen molar-refractivity contribution in [2.45, 2.75) is 19.8 Å². The molecule has 0 fully saturated rings. The van der Waals surface area contributed by atoms with E-state index in [1.165, 1.54) is 5.56 Å². The summed E-state index contributed by atoms with van der Waals surface area (Å²) in [6, 6.07) is 11.7. The Balaban J connectivity index is 1.74. The summed E-state index contributed by atoms with van der Waals surface area (Å²) < 4.78 is 1.66. The van der Waals surface area contributed by atoms with Crippen molar-refractivity contribution < 1.29 is 4.79 Å². The maximum Gasteiger partial charge on any atom is 0.277 e. The highest BCUT2D eigenvalue weighted by Gasteiger charge is 2.34. The van der Waals surface area contributed by atoms with Gasteiger partial charge in [0.05, 0.1) is 6.20 Å². The number of anilines is 1. The Kier molecular flexibility index (Phi) is 3.15. The van der Waals surface area contributed by atoms with Crippen LogP contribution in [0.1, 0.15) is 35.8 Å². The first-order chi connectivity index (χ1) is 11.1. The van der Waals surface area contributed by atoms with Crippen LogP contribution in [0.4, 0.5) is 5.69 Å². The molecule has 1 amide bonds. The van der Waals surface area contributed by atoms with E-state index in [4.69, 9.17) is 0 Å². The Labute approximate surface area is 134 Å². The van der Waals surface area contributed by atoms with Gasteiger partial charge in [0.2, 0.25) is 0 Å². The van der Waals surface area contributed by atoms with Crippen LogP contribution in [0.3, 0.4) is 0 Å². The number of aromatic nitrogens is 3. The third-order valence-electron chi connectivity index (χ3n) is 4.53. The summed E-state index contributed by atoms with van der Waals surface area (Å²) in [4.78, 5) is 19.3. The highest BCUT2D eigenvalue weighted by atomic mass is 16.2. The third-order valence-corrected chi connectivity index (χ3v) is 4.53. The van der Waals surface area contributed by atoms with Gasteiger partial charge in [-0.2, -0.15) is 5.10 Å². The maximum absolute atomic E-state index is 13.0. The molecule has 5 heteroatoms. The van der Waals surface area contributed by atoms with E-state index in [1.807, 2.05) is 23.1 Å². The molecule has 116 valence electrons. The molecule has 0 saturated carbocycles. The molecule has 3 aromatic rings. The fraction of sp³-hybridized carbons (Fsp3) is 0.278. The van der Waals surface area contributed by atoms with E-state index in [0.717, 1.165) is 5.69 Å². The van der Waals surface area contributed by atoms with Gasteiger partial charge < -0.3 is 4.90 Å². The third kappa shape index (κ3) is 2.20. The summed E-state index contributed by atoms with van der Waals surface area (Å²) in [5, 5.41) is 4.12. The first-order valence-corrected chi connectivity index (χ1v) is 7.86. The standard InChI is InChI=1S/C18H18N4O/c1-12(2)14-11-21(16-6-4-3-5-13(14)16)18(23)15-8-10-22-17(20-15)7-9-19-22/h3-10,12,14H,11H2,1-2H3. The molecule has 1 atom stereocenters. The lowest BCUT2D eigenvalue weighted by Gasteiger charge is -2.18. The SMILES string of the molecule is CC(C)C1CN(C(=O)c2ccn3nccc3n2)c2ccccc21. The molecule has 5 nitrogen and oxygen atoms in total. The Morgan fingerprint density at radius 2 is 2.04 bits per heavy atom. The number of rotatable bonds is 2. The van der Waals surface area contributed by atoms with Crippen LogP contribution in [0.5, 0.6) is 0 Å². The minimum absolute atomic E-state index is 0.0516. The normalized spacial score (nSPS) is 17.0. The number of carbonyl (C=O) groups is 1. The van der Waals surface area contributed by atoms with E-state index >= 15 is 0 Å². The lowest BCUT2D eigenvalue weighted by Crippen LogP contribution is -2.31. The van der Waals surface area contributed by atoms with E-state index in [1.54, 1.807) is 29.0 Å². The Morgan fingerprint density at radius 3 is 2.87 bits per heavy atom. The highest BCUT2D eigenvalue weighted by molar-refractivity contribution is 6.06. The summed E-state index contributed by atoms with van der Waals surface area (Å²) in [5.41, 5.74) is 3.40. The smallest absolute Gasteiger partial charge is 0.277 e. The molecule has 1 unspecified atom stereocenters. The number of nitrogens with zero attached hydrogens (tertiary/aromatic N) is 4. The number of amides is 1. The van der Waals surface area contributed by atoms with E-state index < -0.39 is 0 Å². The van der Waals surface area contributed by atoms with Gasteiger partial charge in [-0.3, -0.25) is 4.79 Å². The van der Waals surface area contributed by atoms with E-state index in [9.17, 15) is 4.79 Å². The first kappa shape index (κ1) is 13.9. The molecular weight excluding hydrogens is 288 g/mol. The Hall–Kier alpha value is -2.69. The lowest BCUT2D eigenvalue weighted by molar-refractivity contribution is 0.0982. The summed E-state index contributed by atoms with van der Waals surface area (Å²) in [7, 11) is 0. The molecule has 1 aliphatic rings. The Bertz CT molecular complexity index is 883. The monoisotopic (exact) mass is 306 g/mol. The van der Waals surface area contributed by atoms with Gasteiger partial charge in [-0.05, 0) is 23.6 Å². The number of para-hydroxylation sites is 1. The molecule has 3 heterocycles. The predicted molar refractivity (Wildman–Crippen MR) is 88.7 cm³/mol. The zero-order chi connectivity index (χ0) is 16.0. The minimum Gasteiger partial charge on any atom is -0.306 e. The summed E-state index contributed by atoms with van der Waals surface area (Å²) >= 11 is 0. The number of carbonyl (C=O) groups excluding carboxylic acids is 1. The van der Waals surface area contributed by atoms with Crippen molar-refractivity contribution in [2.75, 3.05) is 11.4 Å². The fourth-order valence-corrected chi connectivity index (χ4v) is 3.27. The maximum atomic E-state index is 13.0. The zero-order valence-electron chi connectivity index (χ0n) is 13.2. The van der Waals surface area contributed by atoms with Gasteiger partial charge in [-0.15, -0.1) is 0 Å². The van der Waals surface area contributed by atoms with Crippen LogP contribution >= 0.6 is 0 Å². The molecule has 0 aliphatic carbocycles. The van der Waals surface area contributed by atoms with Crippen molar-refractivity contribution >= 4 is 17.2 Å². The van der Waals surface area contributed by atoms with Gasteiger partial charge in [0.1, 0.15) is 5.69 Å². The van der Waals surface area contributed by atoms with Crippen LogP contribution in [-0.2, 0) is 0 Å². The molecule has 0 bridgehead atoms. The molecule has 0 radical (unpaired) electrons. The molecule has 23 heavy (non-hydrogen) atoms. The lowest BCUT2D eigenvalue weighted by atomic mass is 9.90. The largest absolute Gasteiger partial charge is 0.306 e. The average molecular weight is 306 g/mol. The summed E-state index contributed by atoms with van der Waals surface area (Å²) in [5.74, 6) is 0.803. The number of hydrogen-bond acceptors (Lipinski definition) is 3. The minimum atomic E-state index is -0.0516. The van der Waals surface area contributed by atoms with Gasteiger partial charge >= 0.3 is 0 Å². The molecule has 0 saturated heterocycles. The van der Waals surface area contributed by atoms with Crippen LogP contribution in [0.25, 0.3) is 5.65 Å². The van der Waals surface area contributed by atoms with Crippen molar-refractivity contribution in [3.05, 3.63) is 60.0 Å². The van der Waals surface area contributed by atoms with Crippen molar-refractivity contribution in [2.24, 2.45) is 5.92 Å². The van der Waals surface area contributed by atoms with E-state index in [2.05, 4.69) is 30.0 Å². The summed E-state index contributed by atoms with van der Waals surface area (Å²) in [6.07, 6.45) is 3.45. The van der Waals surface area contributed by atoms with Gasteiger partial charge in [0, 0.05) is 30.4 Å². The van der Waals surface area contributed by atoms with Crippen LogP contribution < -0.4 is 4.90 Å². The number of hydrogen-bond donors (Lipinski definition) is 0. The van der Waals surface area contributed by atoms with E-state index in [0.29, 0.717) is 29.7 Å². The number of fused-ring (bicyclic) bond motifs is 2. The first-order valence-electron chi connectivity index (χ1n) is 7.86. The summed E-state index contributed by atoms with van der Waals surface area (Å²) in [6.45, 7) is 5.11. The number of benzene rings is 1. The highest BCUT2D eigenvalue weighted by Crippen LogP contribution is 2.40. The predicted octanol–water partition coefficient (Wildman–Crippen LogP) is 3.13.